The predicted molar refractivity (Wildman–Crippen MR) is 78.9 cm³/mol. The van der Waals surface area contributed by atoms with Crippen LogP contribution in [0.2, 0.25) is 0 Å². The molecule has 106 valence electrons. The number of hydrogen-bond donors (Lipinski definition) is 2. The van der Waals surface area contributed by atoms with Gasteiger partial charge in [-0.3, -0.25) is 0 Å². The molecule has 0 radical (unpaired) electrons. The van der Waals surface area contributed by atoms with E-state index in [1.807, 2.05) is 0 Å². The van der Waals surface area contributed by atoms with E-state index in [-0.39, 0.29) is 0 Å². The molecule has 20 heavy (non-hydrogen) atoms. The quantitative estimate of drug-likeness (QED) is 0.892. The van der Waals surface area contributed by atoms with Gasteiger partial charge in [0, 0.05) is 19.1 Å². The van der Waals surface area contributed by atoms with Crippen LogP contribution in [0.25, 0.3) is 11.2 Å². The molecule has 2 unspecified atom stereocenters. The fourth-order valence-electron chi connectivity index (χ4n) is 3.53. The van der Waals surface area contributed by atoms with Crippen molar-refractivity contribution < 1.29 is 0 Å². The molecule has 6 heteroatoms. The van der Waals surface area contributed by atoms with Crippen molar-refractivity contribution in [3.8, 4) is 0 Å². The largest absolute Gasteiger partial charge is 0.354 e. The summed E-state index contributed by atoms with van der Waals surface area (Å²) in [6, 6.07) is 0.653. The van der Waals surface area contributed by atoms with Gasteiger partial charge in [-0.2, -0.15) is 9.97 Å². The molecule has 0 spiro atoms. The highest BCUT2D eigenvalue weighted by Gasteiger charge is 2.39. The minimum absolute atomic E-state index is 0.653. The number of piperidine rings is 1. The second-order valence-electron chi connectivity index (χ2n) is 5.88. The molecule has 1 saturated heterocycles. The van der Waals surface area contributed by atoms with Crippen LogP contribution in [0.5, 0.6) is 0 Å². The Hall–Kier alpha value is -1.85. The van der Waals surface area contributed by atoms with Crippen LogP contribution in [-0.2, 0) is 0 Å². The number of imidazole rings is 1. The van der Waals surface area contributed by atoms with E-state index in [4.69, 9.17) is 4.98 Å². The zero-order chi connectivity index (χ0) is 13.5. The highest BCUT2D eigenvalue weighted by molar-refractivity contribution is 5.84. The van der Waals surface area contributed by atoms with Gasteiger partial charge >= 0.3 is 0 Å². The average molecular weight is 272 g/mol. The van der Waals surface area contributed by atoms with E-state index < -0.39 is 0 Å². The summed E-state index contributed by atoms with van der Waals surface area (Å²) in [5.41, 5.74) is 1.73. The smallest absolute Gasteiger partial charge is 0.226 e. The Labute approximate surface area is 118 Å². The Morgan fingerprint density at radius 1 is 1.40 bits per heavy atom. The maximum atomic E-state index is 4.74. The molecule has 2 aliphatic rings. The lowest BCUT2D eigenvalue weighted by atomic mass is 10.1. The molecule has 2 fully saturated rings. The minimum atomic E-state index is 0.653. The molecular formula is C14H20N6. The number of nitrogens with zero attached hydrogens (tertiary/aromatic N) is 4. The lowest BCUT2D eigenvalue weighted by Gasteiger charge is -2.28. The summed E-state index contributed by atoms with van der Waals surface area (Å²) in [5, 5.41) is 3.28. The number of aromatic nitrogens is 4. The van der Waals surface area contributed by atoms with Gasteiger partial charge in [-0.15, -0.1) is 0 Å². The van der Waals surface area contributed by atoms with Crippen LogP contribution in [0.3, 0.4) is 0 Å². The van der Waals surface area contributed by atoms with Crippen LogP contribution >= 0.6 is 0 Å². The SMILES string of the molecule is CCCNc1nc(N2CC3CCC2C3)c2[nH]cnc2n1. The summed E-state index contributed by atoms with van der Waals surface area (Å²) in [6.07, 6.45) is 6.76. The second kappa shape index (κ2) is 4.61. The Kier molecular flexibility index (Phi) is 2.75. The van der Waals surface area contributed by atoms with Crippen LogP contribution in [-0.4, -0.2) is 39.1 Å². The predicted octanol–water partition coefficient (Wildman–Crippen LogP) is 2.16. The standard InChI is InChI=1S/C14H20N6/c1-2-5-15-14-18-12-11(16-8-17-12)13(19-14)20-7-9-3-4-10(20)6-9/h8-10H,2-7H2,1H3,(H2,15,16,17,18,19). The maximum absolute atomic E-state index is 4.74. The lowest BCUT2D eigenvalue weighted by Crippen LogP contribution is -2.33. The van der Waals surface area contributed by atoms with Crippen LogP contribution in [0, 0.1) is 5.92 Å². The molecule has 6 nitrogen and oxygen atoms in total. The normalized spacial score (nSPS) is 24.8. The number of aromatic amines is 1. The summed E-state index contributed by atoms with van der Waals surface area (Å²) in [7, 11) is 0. The maximum Gasteiger partial charge on any atom is 0.226 e. The van der Waals surface area contributed by atoms with Gasteiger partial charge in [0.2, 0.25) is 5.95 Å². The van der Waals surface area contributed by atoms with Gasteiger partial charge < -0.3 is 15.2 Å². The second-order valence-corrected chi connectivity index (χ2v) is 5.88. The van der Waals surface area contributed by atoms with Crippen LogP contribution in [0.1, 0.15) is 32.6 Å². The average Bonchev–Trinajstić information content (AvgIpc) is 3.19. The molecule has 0 amide bonds. The molecule has 2 aromatic heterocycles. The van der Waals surface area contributed by atoms with Crippen molar-refractivity contribution >= 4 is 22.9 Å². The lowest BCUT2D eigenvalue weighted by molar-refractivity contribution is 0.551. The Morgan fingerprint density at radius 2 is 2.35 bits per heavy atom. The zero-order valence-electron chi connectivity index (χ0n) is 11.8. The van der Waals surface area contributed by atoms with Crippen molar-refractivity contribution in [2.45, 2.75) is 38.6 Å². The monoisotopic (exact) mass is 272 g/mol. The third-order valence-corrected chi connectivity index (χ3v) is 4.48. The number of nitrogens with one attached hydrogen (secondary N) is 2. The molecule has 0 aromatic carbocycles. The van der Waals surface area contributed by atoms with Gasteiger partial charge in [-0.1, -0.05) is 6.92 Å². The first kappa shape index (κ1) is 11.9. The molecule has 1 saturated carbocycles. The highest BCUT2D eigenvalue weighted by atomic mass is 15.3. The third kappa shape index (κ3) is 1.82. The Bertz CT molecular complexity index is 621. The van der Waals surface area contributed by atoms with E-state index in [0.29, 0.717) is 12.0 Å². The van der Waals surface area contributed by atoms with E-state index in [9.17, 15) is 0 Å². The fourth-order valence-corrected chi connectivity index (χ4v) is 3.53. The van der Waals surface area contributed by atoms with E-state index in [0.717, 1.165) is 42.4 Å². The van der Waals surface area contributed by atoms with Gasteiger partial charge in [-0.25, -0.2) is 4.98 Å². The summed E-state index contributed by atoms with van der Waals surface area (Å²) in [6.45, 7) is 4.16. The molecule has 2 bridgehead atoms. The number of anilines is 2. The van der Waals surface area contributed by atoms with E-state index in [1.54, 1.807) is 6.33 Å². The first-order chi connectivity index (χ1) is 9.85. The number of H-pyrrole nitrogens is 1. The van der Waals surface area contributed by atoms with Gasteiger partial charge in [0.05, 0.1) is 6.33 Å². The first-order valence-electron chi connectivity index (χ1n) is 7.56. The molecule has 4 rings (SSSR count). The molecule has 2 aromatic rings. The van der Waals surface area contributed by atoms with E-state index >= 15 is 0 Å². The molecular weight excluding hydrogens is 252 g/mol. The van der Waals surface area contributed by atoms with Crippen molar-refractivity contribution in [3.63, 3.8) is 0 Å². The third-order valence-electron chi connectivity index (χ3n) is 4.48. The molecule has 1 aliphatic carbocycles. The van der Waals surface area contributed by atoms with Gasteiger partial charge in [0.1, 0.15) is 5.52 Å². The van der Waals surface area contributed by atoms with Crippen LogP contribution in [0.15, 0.2) is 6.33 Å². The fraction of sp³-hybridized carbons (Fsp3) is 0.643. The summed E-state index contributed by atoms with van der Waals surface area (Å²) in [5.74, 6) is 2.57. The Balaban J connectivity index is 1.74. The zero-order valence-corrected chi connectivity index (χ0v) is 11.8. The van der Waals surface area contributed by atoms with Crippen LogP contribution in [0.4, 0.5) is 11.8 Å². The van der Waals surface area contributed by atoms with Crippen molar-refractivity contribution in [1.29, 1.82) is 0 Å². The van der Waals surface area contributed by atoms with E-state index in [1.165, 1.54) is 19.3 Å². The van der Waals surface area contributed by atoms with E-state index in [2.05, 4.69) is 32.1 Å². The number of rotatable bonds is 4. The summed E-state index contributed by atoms with van der Waals surface area (Å²) in [4.78, 5) is 19.2. The topological polar surface area (TPSA) is 69.7 Å². The first-order valence-corrected chi connectivity index (χ1v) is 7.56. The van der Waals surface area contributed by atoms with Crippen molar-refractivity contribution in [2.75, 3.05) is 23.3 Å². The minimum Gasteiger partial charge on any atom is -0.354 e. The van der Waals surface area contributed by atoms with Gasteiger partial charge in [-0.05, 0) is 31.6 Å². The molecule has 2 atom stereocenters. The highest BCUT2D eigenvalue weighted by Crippen LogP contribution is 2.41. The van der Waals surface area contributed by atoms with Gasteiger partial charge in [0.25, 0.3) is 0 Å². The molecule has 2 N–H and O–H groups in total. The number of hydrogen-bond acceptors (Lipinski definition) is 5. The van der Waals surface area contributed by atoms with Crippen molar-refractivity contribution in [3.05, 3.63) is 6.33 Å². The Morgan fingerprint density at radius 3 is 3.10 bits per heavy atom. The summed E-state index contributed by atoms with van der Waals surface area (Å²) >= 11 is 0. The summed E-state index contributed by atoms with van der Waals surface area (Å²) < 4.78 is 0. The molecule has 1 aliphatic heterocycles. The molecule has 3 heterocycles. The number of fused-ring (bicyclic) bond motifs is 3. The van der Waals surface area contributed by atoms with Crippen LogP contribution < -0.4 is 10.2 Å². The van der Waals surface area contributed by atoms with Gasteiger partial charge in [0.15, 0.2) is 11.5 Å². The van der Waals surface area contributed by atoms with Crippen molar-refractivity contribution in [1.82, 2.24) is 19.9 Å². The van der Waals surface area contributed by atoms with Crippen molar-refractivity contribution in [2.24, 2.45) is 5.92 Å².